The van der Waals surface area contributed by atoms with E-state index in [1.165, 1.54) is 4.68 Å². The molecule has 0 amide bonds. The van der Waals surface area contributed by atoms with Gasteiger partial charge in [-0.15, -0.1) is 5.10 Å². The van der Waals surface area contributed by atoms with E-state index >= 15 is 0 Å². The normalized spacial score (nSPS) is 19.3. The van der Waals surface area contributed by atoms with Crippen molar-refractivity contribution in [3.05, 3.63) is 34.6 Å². The number of aliphatic hydroxyl groups is 1. The molecule has 0 aliphatic carbocycles. The number of likely N-dealkylation sites (tertiary alicyclic amines) is 1. The van der Waals surface area contributed by atoms with Gasteiger partial charge in [0.05, 0.1) is 17.7 Å². The first kappa shape index (κ1) is 13.2. The van der Waals surface area contributed by atoms with Gasteiger partial charge in [0.1, 0.15) is 5.52 Å². The summed E-state index contributed by atoms with van der Waals surface area (Å²) in [5.41, 5.74) is -0.0838. The molecule has 2 aromatic rings. The van der Waals surface area contributed by atoms with Gasteiger partial charge in [-0.25, -0.2) is 0 Å². The van der Waals surface area contributed by atoms with Crippen LogP contribution in [0.4, 0.5) is 0 Å². The minimum Gasteiger partial charge on any atom is -0.390 e. The van der Waals surface area contributed by atoms with E-state index < -0.39 is 5.60 Å². The Bertz CT molecular complexity index is 670. The topological polar surface area (TPSA) is 71.2 Å². The Hall–Kier alpha value is -1.79. The van der Waals surface area contributed by atoms with Gasteiger partial charge < -0.3 is 5.11 Å². The maximum Gasteiger partial charge on any atom is 0.278 e. The highest BCUT2D eigenvalue weighted by atomic mass is 16.3. The molecule has 106 valence electrons. The average Bonchev–Trinajstić information content (AvgIpc) is 2.44. The van der Waals surface area contributed by atoms with Gasteiger partial charge in [-0.05, 0) is 31.9 Å². The first-order valence-corrected chi connectivity index (χ1v) is 6.82. The fourth-order valence-electron chi connectivity index (χ4n) is 2.48. The zero-order valence-electron chi connectivity index (χ0n) is 11.5. The van der Waals surface area contributed by atoms with Crippen molar-refractivity contribution in [1.82, 2.24) is 19.9 Å². The number of piperidine rings is 1. The Kier molecular flexibility index (Phi) is 3.27. The van der Waals surface area contributed by atoms with Crippen molar-refractivity contribution in [2.75, 3.05) is 13.1 Å². The summed E-state index contributed by atoms with van der Waals surface area (Å²) in [5, 5.41) is 18.6. The van der Waals surface area contributed by atoms with Crippen molar-refractivity contribution in [2.24, 2.45) is 0 Å². The van der Waals surface area contributed by atoms with E-state index in [2.05, 4.69) is 15.2 Å². The third-order valence-corrected chi connectivity index (χ3v) is 3.90. The van der Waals surface area contributed by atoms with Crippen LogP contribution in [0.15, 0.2) is 29.1 Å². The second-order valence-corrected chi connectivity index (χ2v) is 5.67. The summed E-state index contributed by atoms with van der Waals surface area (Å²) in [6, 6.07) is 7.22. The predicted octanol–water partition coefficient (Wildman–Crippen LogP) is 0.596. The lowest BCUT2D eigenvalue weighted by atomic mass is 9.94. The van der Waals surface area contributed by atoms with E-state index in [1.807, 2.05) is 19.1 Å². The zero-order valence-corrected chi connectivity index (χ0v) is 11.5. The van der Waals surface area contributed by atoms with Crippen LogP contribution < -0.4 is 5.56 Å². The number of hydrogen-bond donors (Lipinski definition) is 1. The number of nitrogens with zero attached hydrogens (tertiary/aromatic N) is 4. The van der Waals surface area contributed by atoms with Crippen LogP contribution in [0.1, 0.15) is 19.8 Å². The smallest absolute Gasteiger partial charge is 0.278 e. The summed E-state index contributed by atoms with van der Waals surface area (Å²) in [7, 11) is 0. The van der Waals surface area contributed by atoms with E-state index in [0.29, 0.717) is 30.4 Å². The minimum atomic E-state index is -0.587. The standard InChI is InChI=1S/C14H18N4O2/c1-14(20)6-8-17(9-7-14)10-18-13(19)11-4-2-3-5-12(11)15-16-18/h2-5,20H,6-10H2,1H3. The van der Waals surface area contributed by atoms with Crippen LogP contribution in [0.25, 0.3) is 10.9 Å². The first-order chi connectivity index (χ1) is 9.55. The van der Waals surface area contributed by atoms with Crippen LogP contribution in [0, 0.1) is 0 Å². The molecule has 1 aliphatic heterocycles. The molecule has 0 atom stereocenters. The molecule has 0 saturated carbocycles. The molecular formula is C14H18N4O2. The van der Waals surface area contributed by atoms with Crippen LogP contribution in [0.3, 0.4) is 0 Å². The lowest BCUT2D eigenvalue weighted by molar-refractivity contribution is -0.0146. The number of benzene rings is 1. The van der Waals surface area contributed by atoms with Crippen molar-refractivity contribution in [1.29, 1.82) is 0 Å². The average molecular weight is 274 g/mol. The van der Waals surface area contributed by atoms with Gasteiger partial charge in [0, 0.05) is 13.1 Å². The molecule has 6 nitrogen and oxygen atoms in total. The van der Waals surface area contributed by atoms with E-state index in [1.54, 1.807) is 12.1 Å². The van der Waals surface area contributed by atoms with E-state index in [-0.39, 0.29) is 5.56 Å². The summed E-state index contributed by atoms with van der Waals surface area (Å²) < 4.78 is 1.39. The summed E-state index contributed by atoms with van der Waals surface area (Å²) >= 11 is 0. The Labute approximate surface area is 116 Å². The number of fused-ring (bicyclic) bond motifs is 1. The van der Waals surface area contributed by atoms with Crippen LogP contribution in [0.5, 0.6) is 0 Å². The number of hydrogen-bond acceptors (Lipinski definition) is 5. The molecule has 0 unspecified atom stereocenters. The van der Waals surface area contributed by atoms with Gasteiger partial charge in [0.15, 0.2) is 0 Å². The molecule has 1 aliphatic rings. The van der Waals surface area contributed by atoms with Crippen molar-refractivity contribution in [2.45, 2.75) is 32.0 Å². The lowest BCUT2D eigenvalue weighted by Gasteiger charge is -2.35. The second-order valence-electron chi connectivity index (χ2n) is 5.67. The predicted molar refractivity (Wildman–Crippen MR) is 75.2 cm³/mol. The SMILES string of the molecule is CC1(O)CCN(Cn2nnc3ccccc3c2=O)CC1. The van der Waals surface area contributed by atoms with Crippen LogP contribution >= 0.6 is 0 Å². The fraction of sp³-hybridized carbons (Fsp3) is 0.500. The lowest BCUT2D eigenvalue weighted by Crippen LogP contribution is -2.44. The highest BCUT2D eigenvalue weighted by Crippen LogP contribution is 2.21. The van der Waals surface area contributed by atoms with E-state index in [0.717, 1.165) is 13.1 Å². The quantitative estimate of drug-likeness (QED) is 0.868. The van der Waals surface area contributed by atoms with Crippen molar-refractivity contribution >= 4 is 10.9 Å². The summed E-state index contributed by atoms with van der Waals surface area (Å²) in [5.74, 6) is 0. The number of aromatic nitrogens is 3. The fourth-order valence-corrected chi connectivity index (χ4v) is 2.48. The maximum atomic E-state index is 12.3. The molecular weight excluding hydrogens is 256 g/mol. The van der Waals surface area contributed by atoms with Crippen LogP contribution in [-0.2, 0) is 6.67 Å². The summed E-state index contributed by atoms with van der Waals surface area (Å²) in [6.07, 6.45) is 1.42. The third-order valence-electron chi connectivity index (χ3n) is 3.90. The molecule has 20 heavy (non-hydrogen) atoms. The van der Waals surface area contributed by atoms with Crippen molar-refractivity contribution in [3.63, 3.8) is 0 Å². The molecule has 0 radical (unpaired) electrons. The first-order valence-electron chi connectivity index (χ1n) is 6.82. The molecule has 3 rings (SSSR count). The molecule has 1 aromatic heterocycles. The molecule has 0 bridgehead atoms. The molecule has 1 saturated heterocycles. The summed E-state index contributed by atoms with van der Waals surface area (Å²) in [4.78, 5) is 14.4. The van der Waals surface area contributed by atoms with Crippen molar-refractivity contribution in [3.8, 4) is 0 Å². The Balaban J connectivity index is 1.82. The van der Waals surface area contributed by atoms with E-state index in [9.17, 15) is 9.90 Å². The monoisotopic (exact) mass is 274 g/mol. The Morgan fingerprint density at radius 3 is 2.75 bits per heavy atom. The highest BCUT2D eigenvalue weighted by Gasteiger charge is 2.27. The Morgan fingerprint density at radius 1 is 1.30 bits per heavy atom. The third kappa shape index (κ3) is 2.57. The van der Waals surface area contributed by atoms with Crippen molar-refractivity contribution < 1.29 is 5.11 Å². The highest BCUT2D eigenvalue weighted by molar-refractivity contribution is 5.76. The van der Waals surface area contributed by atoms with E-state index in [4.69, 9.17) is 0 Å². The molecule has 0 spiro atoms. The van der Waals surface area contributed by atoms with Gasteiger partial charge in [0.25, 0.3) is 5.56 Å². The molecule has 6 heteroatoms. The van der Waals surface area contributed by atoms with Gasteiger partial charge in [-0.1, -0.05) is 17.3 Å². The molecule has 1 aromatic carbocycles. The molecule has 2 heterocycles. The van der Waals surface area contributed by atoms with Crippen LogP contribution in [-0.4, -0.2) is 43.7 Å². The number of rotatable bonds is 2. The maximum absolute atomic E-state index is 12.3. The van der Waals surface area contributed by atoms with Gasteiger partial charge in [-0.3, -0.25) is 9.69 Å². The van der Waals surface area contributed by atoms with Gasteiger partial charge in [-0.2, -0.15) is 4.68 Å². The molecule has 1 fully saturated rings. The van der Waals surface area contributed by atoms with Gasteiger partial charge >= 0.3 is 0 Å². The largest absolute Gasteiger partial charge is 0.390 e. The minimum absolute atomic E-state index is 0.118. The van der Waals surface area contributed by atoms with Gasteiger partial charge in [0.2, 0.25) is 0 Å². The second kappa shape index (κ2) is 4.96. The summed E-state index contributed by atoms with van der Waals surface area (Å²) in [6.45, 7) is 3.79. The van der Waals surface area contributed by atoms with Crippen LogP contribution in [0.2, 0.25) is 0 Å². The Morgan fingerprint density at radius 2 is 2.00 bits per heavy atom. The molecule has 1 N–H and O–H groups in total. The zero-order chi connectivity index (χ0) is 14.2.